The number of nitrogens with zero attached hydrogens (tertiary/aromatic N) is 3. The first-order valence-corrected chi connectivity index (χ1v) is 16.5. The Bertz CT molecular complexity index is 1720. The average Bonchev–Trinajstić information content (AvgIpc) is 2.94. The molecule has 0 radical (unpaired) electrons. The van der Waals surface area contributed by atoms with E-state index in [4.69, 9.17) is 0 Å². The van der Waals surface area contributed by atoms with Crippen molar-refractivity contribution < 1.29 is 15.3 Å². The van der Waals surface area contributed by atoms with Crippen LogP contribution in [0, 0.1) is 16.2 Å². The lowest BCUT2D eigenvalue weighted by Gasteiger charge is -2.20. The zero-order valence-electron chi connectivity index (χ0n) is 29.8. The predicted molar refractivity (Wildman–Crippen MR) is 190 cm³/mol. The maximum absolute atomic E-state index is 14.0. The highest BCUT2D eigenvalue weighted by Gasteiger charge is 2.21. The second kappa shape index (κ2) is 13.5. The van der Waals surface area contributed by atoms with Crippen LogP contribution in [0.15, 0.2) is 69.0 Å². The van der Waals surface area contributed by atoms with Crippen molar-refractivity contribution in [3.05, 3.63) is 119 Å². The van der Waals surface area contributed by atoms with Crippen molar-refractivity contribution in [2.75, 3.05) is 0 Å². The number of aromatic nitrogens is 3. The van der Waals surface area contributed by atoms with Crippen molar-refractivity contribution in [3.8, 4) is 17.2 Å². The Morgan fingerprint density at radius 2 is 0.667 bits per heavy atom. The zero-order valence-corrected chi connectivity index (χ0v) is 29.8. The van der Waals surface area contributed by atoms with Crippen LogP contribution in [0.3, 0.4) is 0 Å². The van der Waals surface area contributed by atoms with Gasteiger partial charge in [-0.3, -0.25) is 0 Å². The number of phenolic OH excluding ortho intramolecular Hbond substituents is 3. The summed E-state index contributed by atoms with van der Waals surface area (Å²) in [5, 5.41) is 31.6. The standard InChI is InChI=1S/C39H51N3O6/c1-37(2,3)19-28-16-25(10-13-31(28)43)22-40-34(46)41(23-26-11-14-32(44)29(17-26)20-38(4,5)6)36(48)42(35(40)47)24-27-12-15-33(45)30(18-27)21-39(7,8)9/h10-18,43-45H,19-24H2,1-9H3. The van der Waals surface area contributed by atoms with Crippen molar-refractivity contribution >= 4 is 0 Å². The van der Waals surface area contributed by atoms with Gasteiger partial charge in [-0.2, -0.15) is 0 Å². The predicted octanol–water partition coefficient (Wildman–Crippen LogP) is 6.20. The average molecular weight is 658 g/mol. The van der Waals surface area contributed by atoms with Crippen LogP contribution < -0.4 is 17.1 Å². The molecule has 1 aromatic heterocycles. The van der Waals surface area contributed by atoms with Gasteiger partial charge in [0.25, 0.3) is 0 Å². The molecule has 3 aromatic carbocycles. The van der Waals surface area contributed by atoms with Crippen LogP contribution in [0.4, 0.5) is 0 Å². The van der Waals surface area contributed by atoms with E-state index in [2.05, 4.69) is 62.3 Å². The summed E-state index contributed by atoms with van der Waals surface area (Å²) < 4.78 is 3.17. The first kappa shape index (κ1) is 36.3. The summed E-state index contributed by atoms with van der Waals surface area (Å²) in [7, 11) is 0. The van der Waals surface area contributed by atoms with E-state index in [-0.39, 0.29) is 53.1 Å². The highest BCUT2D eigenvalue weighted by Crippen LogP contribution is 2.30. The van der Waals surface area contributed by atoms with Gasteiger partial charge in [0.1, 0.15) is 17.2 Å². The molecule has 48 heavy (non-hydrogen) atoms. The van der Waals surface area contributed by atoms with Gasteiger partial charge in [-0.05, 0) is 87.1 Å². The first-order chi connectivity index (χ1) is 22.1. The minimum Gasteiger partial charge on any atom is -0.508 e. The van der Waals surface area contributed by atoms with Gasteiger partial charge < -0.3 is 15.3 Å². The second-order valence-corrected chi connectivity index (χ2v) is 16.7. The number of phenols is 3. The van der Waals surface area contributed by atoms with Gasteiger partial charge >= 0.3 is 17.1 Å². The molecule has 0 aliphatic rings. The van der Waals surface area contributed by atoms with Gasteiger partial charge in [0.05, 0.1) is 19.6 Å². The van der Waals surface area contributed by atoms with E-state index in [1.807, 2.05) is 0 Å². The molecular formula is C39H51N3O6. The molecule has 0 amide bonds. The molecule has 4 aromatic rings. The van der Waals surface area contributed by atoms with E-state index in [0.717, 1.165) is 13.7 Å². The fourth-order valence-corrected chi connectivity index (χ4v) is 5.99. The van der Waals surface area contributed by atoms with Crippen LogP contribution in [0.25, 0.3) is 0 Å². The zero-order chi connectivity index (χ0) is 35.8. The van der Waals surface area contributed by atoms with Crippen LogP contribution >= 0.6 is 0 Å². The SMILES string of the molecule is CC(C)(C)Cc1cc(Cn2c(=O)n(Cc3ccc(O)c(CC(C)(C)C)c3)c(=O)n(Cc3ccc(O)c(CC(C)(C)C)c3)c2=O)ccc1O. The van der Waals surface area contributed by atoms with Crippen molar-refractivity contribution in [3.63, 3.8) is 0 Å². The summed E-state index contributed by atoms with van der Waals surface area (Å²) >= 11 is 0. The van der Waals surface area contributed by atoms with Crippen molar-refractivity contribution in [1.29, 1.82) is 0 Å². The Morgan fingerprint density at radius 3 is 0.875 bits per heavy atom. The number of benzene rings is 3. The van der Waals surface area contributed by atoms with Crippen LogP contribution in [-0.2, 0) is 38.9 Å². The highest BCUT2D eigenvalue weighted by atomic mass is 16.3. The van der Waals surface area contributed by atoms with Gasteiger partial charge in [0.2, 0.25) is 0 Å². The van der Waals surface area contributed by atoms with Crippen molar-refractivity contribution in [2.45, 2.75) is 101 Å². The number of aromatic hydroxyl groups is 3. The normalized spacial score (nSPS) is 12.4. The summed E-state index contributed by atoms with van der Waals surface area (Å²) in [4.78, 5) is 42.1. The lowest BCUT2D eigenvalue weighted by atomic mass is 9.87. The Hall–Kier alpha value is -4.53. The van der Waals surface area contributed by atoms with Crippen LogP contribution in [0.2, 0.25) is 0 Å². The number of rotatable bonds is 9. The van der Waals surface area contributed by atoms with Gasteiger partial charge in [-0.25, -0.2) is 28.1 Å². The van der Waals surface area contributed by atoms with Gasteiger partial charge in [-0.1, -0.05) is 98.7 Å². The van der Waals surface area contributed by atoms with Crippen molar-refractivity contribution in [2.24, 2.45) is 16.2 Å². The third-order valence-electron chi connectivity index (χ3n) is 8.00. The molecule has 0 saturated carbocycles. The molecule has 258 valence electrons. The maximum atomic E-state index is 14.0. The molecule has 0 unspecified atom stereocenters. The monoisotopic (exact) mass is 657 g/mol. The minimum atomic E-state index is -0.753. The lowest BCUT2D eigenvalue weighted by molar-refractivity contribution is 0.394. The van der Waals surface area contributed by atoms with Gasteiger partial charge in [0.15, 0.2) is 0 Å². The minimum absolute atomic E-state index is 0.106. The molecule has 0 fully saturated rings. The lowest BCUT2D eigenvalue weighted by Crippen LogP contribution is -2.54. The van der Waals surface area contributed by atoms with E-state index < -0.39 is 17.1 Å². The smallest absolute Gasteiger partial charge is 0.336 e. The molecule has 1 heterocycles. The van der Waals surface area contributed by atoms with E-state index in [1.54, 1.807) is 54.6 Å². The molecular weight excluding hydrogens is 606 g/mol. The molecule has 0 aliphatic carbocycles. The molecule has 0 atom stereocenters. The van der Waals surface area contributed by atoms with Crippen LogP contribution in [0.5, 0.6) is 17.2 Å². The Labute approximate surface area is 282 Å². The molecule has 0 spiro atoms. The summed E-state index contributed by atoms with van der Waals surface area (Å²) in [6, 6.07) is 15.1. The number of hydrogen-bond donors (Lipinski definition) is 3. The molecule has 9 heteroatoms. The second-order valence-electron chi connectivity index (χ2n) is 16.7. The van der Waals surface area contributed by atoms with E-state index >= 15 is 0 Å². The Balaban J connectivity index is 1.87. The highest BCUT2D eigenvalue weighted by molar-refractivity contribution is 5.39. The molecule has 0 saturated heterocycles. The Morgan fingerprint density at radius 1 is 0.438 bits per heavy atom. The molecule has 4 rings (SSSR count). The fraction of sp³-hybridized carbons (Fsp3) is 0.462. The number of hydrogen-bond acceptors (Lipinski definition) is 6. The summed E-state index contributed by atoms with van der Waals surface area (Å²) in [5.74, 6) is 0.417. The first-order valence-electron chi connectivity index (χ1n) is 16.5. The van der Waals surface area contributed by atoms with E-state index in [9.17, 15) is 29.7 Å². The van der Waals surface area contributed by atoms with Gasteiger partial charge in [-0.15, -0.1) is 0 Å². The topological polar surface area (TPSA) is 127 Å². The summed E-state index contributed by atoms with van der Waals surface area (Å²) in [5.41, 5.74) is 1.42. The summed E-state index contributed by atoms with van der Waals surface area (Å²) in [6.07, 6.45) is 1.75. The molecule has 9 nitrogen and oxygen atoms in total. The Kier molecular flexibility index (Phi) is 10.2. The molecule has 0 aliphatic heterocycles. The fourth-order valence-electron chi connectivity index (χ4n) is 5.99. The summed E-state index contributed by atoms with van der Waals surface area (Å²) in [6.45, 7) is 18.2. The quantitative estimate of drug-likeness (QED) is 0.197. The van der Waals surface area contributed by atoms with Crippen LogP contribution in [0.1, 0.15) is 95.7 Å². The third kappa shape index (κ3) is 9.30. The molecule has 0 bridgehead atoms. The van der Waals surface area contributed by atoms with Crippen molar-refractivity contribution in [1.82, 2.24) is 13.7 Å². The maximum Gasteiger partial charge on any atom is 0.336 e. The third-order valence-corrected chi connectivity index (χ3v) is 8.00. The van der Waals surface area contributed by atoms with E-state index in [1.165, 1.54) is 0 Å². The largest absolute Gasteiger partial charge is 0.508 e. The molecule has 3 N–H and O–H groups in total. The van der Waals surface area contributed by atoms with Crippen LogP contribution in [-0.4, -0.2) is 29.0 Å². The van der Waals surface area contributed by atoms with Gasteiger partial charge in [0, 0.05) is 0 Å². The van der Waals surface area contributed by atoms with E-state index in [0.29, 0.717) is 52.6 Å².